The van der Waals surface area contributed by atoms with Crippen molar-refractivity contribution in [2.75, 3.05) is 20.2 Å². The van der Waals surface area contributed by atoms with E-state index in [1.165, 1.54) is 6.20 Å². The zero-order valence-electron chi connectivity index (χ0n) is 17.3. The van der Waals surface area contributed by atoms with E-state index in [1.807, 2.05) is 10.6 Å². The third-order valence-corrected chi connectivity index (χ3v) is 6.46. The van der Waals surface area contributed by atoms with Crippen LogP contribution in [0.5, 0.6) is 5.75 Å². The Bertz CT molecular complexity index is 1020. The van der Waals surface area contributed by atoms with Crippen molar-refractivity contribution >= 4 is 16.9 Å². The monoisotopic (exact) mass is 399 g/mol. The Balaban J connectivity index is 1.96. The lowest BCUT2D eigenvalue weighted by molar-refractivity contribution is 0.0694. The molecule has 0 bridgehead atoms. The number of pyridine rings is 1. The summed E-state index contributed by atoms with van der Waals surface area (Å²) in [5.74, 6) is -0.519. The van der Waals surface area contributed by atoms with E-state index < -0.39 is 11.4 Å². The van der Waals surface area contributed by atoms with Gasteiger partial charge in [-0.15, -0.1) is 0 Å². The molecule has 4 rings (SSSR count). The van der Waals surface area contributed by atoms with Gasteiger partial charge in [-0.25, -0.2) is 4.79 Å². The van der Waals surface area contributed by atoms with Crippen molar-refractivity contribution in [1.29, 1.82) is 0 Å². The second-order valence-electron chi connectivity index (χ2n) is 8.75. The molecule has 29 heavy (non-hydrogen) atoms. The average Bonchev–Trinajstić information content (AvgIpc) is 3.47. The molecule has 7 heteroatoms. The number of hydrogen-bond donors (Lipinski definition) is 2. The van der Waals surface area contributed by atoms with Crippen LogP contribution in [0.15, 0.2) is 23.1 Å². The Morgan fingerprint density at radius 2 is 2.03 bits per heavy atom. The van der Waals surface area contributed by atoms with Crippen LogP contribution < -0.4 is 15.9 Å². The number of hydrogen-bond acceptors (Lipinski definition) is 5. The van der Waals surface area contributed by atoms with Crippen molar-refractivity contribution in [2.45, 2.75) is 57.2 Å². The number of aromatic nitrogens is 1. The maximum absolute atomic E-state index is 12.9. The number of nitrogens with two attached hydrogens (primary N) is 1. The Kier molecular flexibility index (Phi) is 4.91. The predicted octanol–water partition coefficient (Wildman–Crippen LogP) is 2.92. The van der Waals surface area contributed by atoms with Gasteiger partial charge in [0.2, 0.25) is 5.43 Å². The lowest BCUT2D eigenvalue weighted by Crippen LogP contribution is -2.42. The molecule has 1 aliphatic carbocycles. The van der Waals surface area contributed by atoms with E-state index in [0.29, 0.717) is 23.2 Å². The third kappa shape index (κ3) is 3.22. The molecular weight excluding hydrogens is 370 g/mol. The summed E-state index contributed by atoms with van der Waals surface area (Å²) in [7, 11) is 1.62. The van der Waals surface area contributed by atoms with Crippen LogP contribution in [0.25, 0.3) is 10.9 Å². The Labute approximate surface area is 170 Å². The lowest BCUT2D eigenvalue weighted by atomic mass is 9.99. The lowest BCUT2D eigenvalue weighted by Gasteiger charge is -2.36. The predicted molar refractivity (Wildman–Crippen MR) is 112 cm³/mol. The molecule has 2 aromatic rings. The molecule has 0 radical (unpaired) electrons. The Morgan fingerprint density at radius 3 is 2.62 bits per heavy atom. The van der Waals surface area contributed by atoms with E-state index in [1.54, 1.807) is 13.2 Å². The second kappa shape index (κ2) is 7.15. The van der Waals surface area contributed by atoms with Gasteiger partial charge in [0.05, 0.1) is 18.0 Å². The summed E-state index contributed by atoms with van der Waals surface area (Å²) in [6.07, 6.45) is 5.47. The van der Waals surface area contributed by atoms with E-state index in [4.69, 9.17) is 10.5 Å². The topological polar surface area (TPSA) is 97.8 Å². The number of rotatable bonds is 6. The van der Waals surface area contributed by atoms with Crippen molar-refractivity contribution in [1.82, 2.24) is 9.47 Å². The fourth-order valence-corrected chi connectivity index (χ4v) is 4.84. The van der Waals surface area contributed by atoms with Crippen LogP contribution in [0.2, 0.25) is 0 Å². The quantitative estimate of drug-likeness (QED) is 0.775. The maximum Gasteiger partial charge on any atom is 0.341 e. The van der Waals surface area contributed by atoms with Crippen molar-refractivity contribution in [3.8, 4) is 5.75 Å². The first-order valence-corrected chi connectivity index (χ1v) is 10.3. The summed E-state index contributed by atoms with van der Waals surface area (Å²) >= 11 is 0. The average molecular weight is 399 g/mol. The van der Waals surface area contributed by atoms with Gasteiger partial charge in [0.1, 0.15) is 11.3 Å². The molecule has 2 aliphatic rings. The van der Waals surface area contributed by atoms with Crippen LogP contribution >= 0.6 is 0 Å². The molecule has 7 nitrogen and oxygen atoms in total. The molecule has 1 aliphatic heterocycles. The van der Waals surface area contributed by atoms with Crippen LogP contribution in [0, 0.1) is 0 Å². The molecule has 0 amide bonds. The largest absolute Gasteiger partial charge is 0.494 e. The molecule has 156 valence electrons. The van der Waals surface area contributed by atoms with Crippen LogP contribution in [-0.4, -0.2) is 46.3 Å². The zero-order valence-corrected chi connectivity index (χ0v) is 17.3. The molecule has 1 aromatic carbocycles. The molecule has 1 unspecified atom stereocenters. The first-order valence-electron chi connectivity index (χ1n) is 10.3. The van der Waals surface area contributed by atoms with Gasteiger partial charge in [-0.2, -0.15) is 0 Å². The molecule has 1 atom stereocenters. The number of fused-ring (bicyclic) bond motifs is 1. The van der Waals surface area contributed by atoms with Crippen molar-refractivity contribution < 1.29 is 14.6 Å². The number of ether oxygens (including phenoxy) is 1. The minimum Gasteiger partial charge on any atom is -0.494 e. The number of carbonyl (C=O) groups is 1. The first-order chi connectivity index (χ1) is 13.8. The smallest absolute Gasteiger partial charge is 0.341 e. The van der Waals surface area contributed by atoms with E-state index in [2.05, 4.69) is 18.7 Å². The van der Waals surface area contributed by atoms with Gasteiger partial charge in [0.15, 0.2) is 0 Å². The van der Waals surface area contributed by atoms with Crippen molar-refractivity contribution in [2.24, 2.45) is 5.73 Å². The van der Waals surface area contributed by atoms with Crippen LogP contribution in [0.3, 0.4) is 0 Å². The normalized spacial score (nSPS) is 21.6. The summed E-state index contributed by atoms with van der Waals surface area (Å²) in [6, 6.07) is 4.06. The fraction of sp³-hybridized carbons (Fsp3) is 0.545. The first kappa shape index (κ1) is 19.9. The summed E-state index contributed by atoms with van der Waals surface area (Å²) in [5.41, 5.74) is 7.03. The number of nitrogens with zero attached hydrogens (tertiary/aromatic N) is 2. The molecule has 3 N–H and O–H groups in total. The fourth-order valence-electron chi connectivity index (χ4n) is 4.84. The minimum atomic E-state index is -1.19. The summed E-state index contributed by atoms with van der Waals surface area (Å²) in [6.45, 7) is 5.82. The molecule has 1 saturated heterocycles. The SMILES string of the molecule is COc1c(C2CCC(C)(C)N2CCN)ccc2c(=O)c(C(=O)O)cn(C3CC3)c12. The standard InChI is InChI=1S/C22H29N3O4/c1-22(2)9-8-17(25(22)11-10-23)14-6-7-15-18(20(14)29-3)24(13-4-5-13)12-16(19(15)26)21(27)28/h6-7,12-13,17H,4-5,8-11,23H2,1-3H3,(H,27,28). The number of likely N-dealkylation sites (tertiary alicyclic amines) is 1. The van der Waals surface area contributed by atoms with E-state index in [-0.39, 0.29) is 23.2 Å². The number of aromatic carboxylic acids is 1. The Morgan fingerprint density at radius 1 is 1.31 bits per heavy atom. The second-order valence-corrected chi connectivity index (χ2v) is 8.75. The van der Waals surface area contributed by atoms with Gasteiger partial charge in [0, 0.05) is 42.5 Å². The van der Waals surface area contributed by atoms with Crippen LogP contribution in [0.4, 0.5) is 0 Å². The molecule has 1 aromatic heterocycles. The Hall–Kier alpha value is -2.38. The van der Waals surface area contributed by atoms with Gasteiger partial charge < -0.3 is 20.1 Å². The minimum absolute atomic E-state index is 0.0350. The third-order valence-electron chi connectivity index (χ3n) is 6.46. The molecule has 2 fully saturated rings. The van der Waals surface area contributed by atoms with Crippen LogP contribution in [-0.2, 0) is 0 Å². The van der Waals surface area contributed by atoms with Gasteiger partial charge >= 0.3 is 5.97 Å². The van der Waals surface area contributed by atoms with E-state index >= 15 is 0 Å². The highest BCUT2D eigenvalue weighted by atomic mass is 16.5. The zero-order chi connectivity index (χ0) is 20.9. The number of methoxy groups -OCH3 is 1. The molecule has 1 saturated carbocycles. The van der Waals surface area contributed by atoms with Gasteiger partial charge in [-0.1, -0.05) is 6.07 Å². The number of carboxylic acids is 1. The molecular formula is C22H29N3O4. The van der Waals surface area contributed by atoms with Gasteiger partial charge in [0.25, 0.3) is 0 Å². The highest BCUT2D eigenvalue weighted by molar-refractivity contribution is 5.95. The van der Waals surface area contributed by atoms with Crippen molar-refractivity contribution in [3.05, 3.63) is 39.7 Å². The number of benzene rings is 1. The molecule has 0 spiro atoms. The van der Waals surface area contributed by atoms with Gasteiger partial charge in [-0.3, -0.25) is 9.69 Å². The highest BCUT2D eigenvalue weighted by Gasteiger charge is 2.41. The summed E-state index contributed by atoms with van der Waals surface area (Å²) in [5, 5.41) is 9.90. The summed E-state index contributed by atoms with van der Waals surface area (Å²) < 4.78 is 7.81. The van der Waals surface area contributed by atoms with Gasteiger partial charge in [-0.05, 0) is 45.6 Å². The molecule has 2 heterocycles. The highest BCUT2D eigenvalue weighted by Crippen LogP contribution is 2.47. The van der Waals surface area contributed by atoms with Crippen molar-refractivity contribution in [3.63, 3.8) is 0 Å². The van der Waals surface area contributed by atoms with E-state index in [9.17, 15) is 14.7 Å². The summed E-state index contributed by atoms with van der Waals surface area (Å²) in [4.78, 5) is 26.9. The van der Waals surface area contributed by atoms with Crippen LogP contribution in [0.1, 0.15) is 67.5 Å². The maximum atomic E-state index is 12.9. The number of carboxylic acid groups (broad SMARTS) is 1. The van der Waals surface area contributed by atoms with E-state index in [0.717, 1.165) is 37.8 Å².